The van der Waals surface area contributed by atoms with Gasteiger partial charge in [0.15, 0.2) is 0 Å². The van der Waals surface area contributed by atoms with E-state index in [4.69, 9.17) is 4.74 Å². The molecule has 2 fully saturated rings. The molecule has 2 aliphatic heterocycles. The van der Waals surface area contributed by atoms with E-state index in [1.165, 1.54) is 32.4 Å². The molecule has 0 aromatic rings. The molecule has 2 nitrogen and oxygen atoms in total. The second-order valence-electron chi connectivity index (χ2n) is 5.41. The predicted octanol–water partition coefficient (Wildman–Crippen LogP) is 2.34. The van der Waals surface area contributed by atoms with E-state index in [1.807, 2.05) is 0 Å². The molecule has 3 heteroatoms. The molecule has 0 bridgehead atoms. The van der Waals surface area contributed by atoms with Crippen LogP contribution in [-0.2, 0) is 4.74 Å². The Kier molecular flexibility index (Phi) is 3.34. The molecule has 2 heterocycles. The topological polar surface area (TPSA) is 12.5 Å². The maximum absolute atomic E-state index is 6.05. The zero-order chi connectivity index (χ0) is 11.1. The smallest absolute Gasteiger partial charge is 0.0736 e. The molecule has 15 heavy (non-hydrogen) atoms. The van der Waals surface area contributed by atoms with Crippen LogP contribution in [0.2, 0.25) is 0 Å². The Bertz CT molecular complexity index is 214. The minimum Gasteiger partial charge on any atom is -0.370 e. The van der Waals surface area contributed by atoms with Gasteiger partial charge in [-0.05, 0) is 26.7 Å². The normalized spacial score (nSPS) is 33.0. The Hall–Kier alpha value is 0.270. The number of hydrogen-bond donors (Lipinski definition) is 1. The third-order valence-electron chi connectivity index (χ3n) is 3.95. The molecule has 0 amide bonds. The van der Waals surface area contributed by atoms with Gasteiger partial charge in [-0.1, -0.05) is 6.92 Å². The van der Waals surface area contributed by atoms with Crippen LogP contribution < -0.4 is 0 Å². The summed E-state index contributed by atoms with van der Waals surface area (Å²) in [7, 11) is 0. The lowest BCUT2D eigenvalue weighted by Crippen LogP contribution is -2.59. The highest BCUT2D eigenvalue weighted by Gasteiger charge is 2.48. The van der Waals surface area contributed by atoms with E-state index in [0.717, 1.165) is 0 Å². The fraction of sp³-hybridized carbons (Fsp3) is 1.00. The molecule has 2 unspecified atom stereocenters. The van der Waals surface area contributed by atoms with E-state index in [-0.39, 0.29) is 5.60 Å². The Morgan fingerprint density at radius 2 is 1.80 bits per heavy atom. The van der Waals surface area contributed by atoms with Gasteiger partial charge in [0, 0.05) is 30.8 Å². The van der Waals surface area contributed by atoms with Crippen LogP contribution in [0.5, 0.6) is 0 Å². The van der Waals surface area contributed by atoms with E-state index >= 15 is 0 Å². The van der Waals surface area contributed by atoms with Gasteiger partial charge < -0.3 is 9.64 Å². The molecule has 0 radical (unpaired) electrons. The molecule has 0 saturated carbocycles. The zero-order valence-electron chi connectivity index (χ0n) is 10.1. The molecule has 0 N–H and O–H groups in total. The first kappa shape index (κ1) is 11.7. The zero-order valence-corrected chi connectivity index (χ0v) is 11.0. The van der Waals surface area contributed by atoms with Crippen LogP contribution in [0.15, 0.2) is 0 Å². The highest BCUT2D eigenvalue weighted by Crippen LogP contribution is 2.43. The second-order valence-corrected chi connectivity index (χ2v) is 6.23. The van der Waals surface area contributed by atoms with E-state index in [9.17, 15) is 0 Å². The summed E-state index contributed by atoms with van der Waals surface area (Å²) in [6.07, 6.45) is 4.05. The van der Waals surface area contributed by atoms with E-state index in [2.05, 4.69) is 38.3 Å². The van der Waals surface area contributed by atoms with Crippen molar-refractivity contribution in [1.29, 1.82) is 0 Å². The van der Waals surface area contributed by atoms with E-state index in [1.54, 1.807) is 0 Å². The van der Waals surface area contributed by atoms with Gasteiger partial charge in [0.1, 0.15) is 0 Å². The number of nitrogens with zero attached hydrogens (tertiary/aromatic N) is 1. The van der Waals surface area contributed by atoms with Gasteiger partial charge in [-0.15, -0.1) is 0 Å². The monoisotopic (exact) mass is 229 g/mol. The summed E-state index contributed by atoms with van der Waals surface area (Å²) in [5.41, 5.74) is 0.229. The largest absolute Gasteiger partial charge is 0.370 e. The fourth-order valence-electron chi connectivity index (χ4n) is 2.72. The van der Waals surface area contributed by atoms with Crippen molar-refractivity contribution in [3.8, 4) is 0 Å². The SMILES string of the molecule is CC(S)C1CC2(CCN(C(C)C)CC2)O1. The summed E-state index contributed by atoms with van der Waals surface area (Å²) in [5, 5.41) is 0.388. The summed E-state index contributed by atoms with van der Waals surface area (Å²) in [4.78, 5) is 2.55. The molecular formula is C12H23NOS. The number of thiol groups is 1. The molecule has 2 saturated heterocycles. The Morgan fingerprint density at radius 3 is 2.20 bits per heavy atom. The van der Waals surface area contributed by atoms with Crippen LogP contribution >= 0.6 is 12.6 Å². The van der Waals surface area contributed by atoms with Gasteiger partial charge in [0.2, 0.25) is 0 Å². The second kappa shape index (κ2) is 4.27. The van der Waals surface area contributed by atoms with Crippen LogP contribution in [0.25, 0.3) is 0 Å². The average Bonchev–Trinajstić information content (AvgIpc) is 2.13. The first-order valence-electron chi connectivity index (χ1n) is 6.12. The van der Waals surface area contributed by atoms with Crippen molar-refractivity contribution in [1.82, 2.24) is 4.90 Å². The van der Waals surface area contributed by atoms with E-state index < -0.39 is 0 Å². The van der Waals surface area contributed by atoms with Crippen LogP contribution in [0, 0.1) is 0 Å². The molecule has 2 atom stereocenters. The van der Waals surface area contributed by atoms with Gasteiger partial charge in [-0.2, -0.15) is 12.6 Å². The summed E-state index contributed by atoms with van der Waals surface area (Å²) < 4.78 is 6.05. The van der Waals surface area contributed by atoms with Crippen molar-refractivity contribution in [3.05, 3.63) is 0 Å². The number of ether oxygens (including phenoxy) is 1. The Balaban J connectivity index is 1.80. The third-order valence-corrected chi connectivity index (χ3v) is 4.28. The van der Waals surface area contributed by atoms with Gasteiger partial charge in [0.05, 0.1) is 11.7 Å². The highest BCUT2D eigenvalue weighted by molar-refractivity contribution is 7.81. The average molecular weight is 229 g/mol. The van der Waals surface area contributed by atoms with Gasteiger partial charge in [-0.3, -0.25) is 0 Å². The van der Waals surface area contributed by atoms with Crippen molar-refractivity contribution in [2.45, 2.75) is 63.0 Å². The summed E-state index contributed by atoms with van der Waals surface area (Å²) >= 11 is 4.44. The fourth-order valence-corrected chi connectivity index (χ4v) is 2.88. The lowest BCUT2D eigenvalue weighted by atomic mass is 9.79. The maximum atomic E-state index is 6.05. The molecule has 88 valence electrons. The molecule has 1 spiro atoms. The molecule has 2 rings (SSSR count). The van der Waals surface area contributed by atoms with Gasteiger partial charge in [-0.25, -0.2) is 0 Å². The number of piperidine rings is 1. The molecule has 0 aromatic heterocycles. The van der Waals surface area contributed by atoms with Crippen LogP contribution in [0.4, 0.5) is 0 Å². The standard InChI is InChI=1S/C12H23NOS/c1-9(2)13-6-4-12(5-7-13)8-11(14-12)10(3)15/h9-11,15H,4-8H2,1-3H3. The van der Waals surface area contributed by atoms with Crippen molar-refractivity contribution >= 4 is 12.6 Å². The summed E-state index contributed by atoms with van der Waals surface area (Å²) in [5.74, 6) is 0. The third kappa shape index (κ3) is 2.34. The first-order valence-corrected chi connectivity index (χ1v) is 6.64. The molecular weight excluding hydrogens is 206 g/mol. The van der Waals surface area contributed by atoms with Crippen LogP contribution in [-0.4, -0.2) is 41.0 Å². The van der Waals surface area contributed by atoms with Crippen LogP contribution in [0.1, 0.15) is 40.0 Å². The quantitative estimate of drug-likeness (QED) is 0.730. The summed E-state index contributed by atoms with van der Waals surface area (Å²) in [6.45, 7) is 9.08. The Morgan fingerprint density at radius 1 is 1.27 bits per heavy atom. The molecule has 0 aromatic carbocycles. The maximum Gasteiger partial charge on any atom is 0.0736 e. The van der Waals surface area contributed by atoms with Crippen LogP contribution in [0.3, 0.4) is 0 Å². The minimum absolute atomic E-state index is 0.229. The minimum atomic E-state index is 0.229. The predicted molar refractivity (Wildman–Crippen MR) is 66.6 cm³/mol. The lowest BCUT2D eigenvalue weighted by Gasteiger charge is -2.53. The molecule has 0 aliphatic carbocycles. The van der Waals surface area contributed by atoms with E-state index in [0.29, 0.717) is 17.4 Å². The highest BCUT2D eigenvalue weighted by atomic mass is 32.1. The number of rotatable bonds is 2. The number of likely N-dealkylation sites (tertiary alicyclic amines) is 1. The molecule has 2 aliphatic rings. The van der Waals surface area contributed by atoms with Crippen molar-refractivity contribution < 1.29 is 4.74 Å². The van der Waals surface area contributed by atoms with Crippen molar-refractivity contribution in [2.24, 2.45) is 0 Å². The van der Waals surface area contributed by atoms with Crippen molar-refractivity contribution in [2.75, 3.05) is 13.1 Å². The lowest BCUT2D eigenvalue weighted by molar-refractivity contribution is -0.224. The van der Waals surface area contributed by atoms with Gasteiger partial charge in [0.25, 0.3) is 0 Å². The number of hydrogen-bond acceptors (Lipinski definition) is 3. The first-order chi connectivity index (χ1) is 7.02. The van der Waals surface area contributed by atoms with Crippen molar-refractivity contribution in [3.63, 3.8) is 0 Å². The Labute approximate surface area is 98.8 Å². The van der Waals surface area contributed by atoms with Gasteiger partial charge >= 0.3 is 0 Å². The summed E-state index contributed by atoms with van der Waals surface area (Å²) in [6, 6.07) is 0.682.